The lowest BCUT2D eigenvalue weighted by Crippen LogP contribution is -2.44. The average molecular weight is 286 g/mol. The molecule has 1 aliphatic heterocycles. The molecule has 0 aromatic rings. The Morgan fingerprint density at radius 1 is 1.15 bits per heavy atom. The second kappa shape index (κ2) is 7.21. The van der Waals surface area contributed by atoms with E-state index < -0.39 is 5.60 Å². The summed E-state index contributed by atoms with van der Waals surface area (Å²) in [6.07, 6.45) is 6.39. The molecule has 2 rings (SSSR count). The monoisotopic (exact) mass is 286 g/mol. The minimum atomic E-state index is -0.550. The van der Waals surface area contributed by atoms with Crippen molar-refractivity contribution in [3.05, 3.63) is 0 Å². The Balaban J connectivity index is 2.12. The Hall–Kier alpha value is -0.160. The Morgan fingerprint density at radius 2 is 1.80 bits per heavy atom. The summed E-state index contributed by atoms with van der Waals surface area (Å²) in [6.45, 7) is 5.24. The Bertz CT molecular complexity index is 288. The summed E-state index contributed by atoms with van der Waals surface area (Å²) >= 11 is 0. The summed E-state index contributed by atoms with van der Waals surface area (Å²) in [6, 6.07) is 0. The van der Waals surface area contributed by atoms with Gasteiger partial charge in [-0.25, -0.2) is 0 Å². The molecule has 2 aliphatic rings. The predicted molar refractivity (Wildman–Crippen MR) is 77.5 cm³/mol. The van der Waals surface area contributed by atoms with Crippen LogP contribution in [0.5, 0.6) is 0 Å². The van der Waals surface area contributed by atoms with Crippen LogP contribution in [0.4, 0.5) is 0 Å². The van der Waals surface area contributed by atoms with Crippen molar-refractivity contribution in [3.63, 3.8) is 0 Å². The van der Waals surface area contributed by atoms with Crippen molar-refractivity contribution in [2.24, 2.45) is 11.8 Å². The molecule has 4 atom stereocenters. The summed E-state index contributed by atoms with van der Waals surface area (Å²) in [7, 11) is 1.64. The molecule has 118 valence electrons. The van der Waals surface area contributed by atoms with E-state index in [1.807, 2.05) is 0 Å². The van der Waals surface area contributed by atoms with E-state index in [1.165, 1.54) is 0 Å². The second-order valence-corrected chi connectivity index (χ2v) is 6.31. The van der Waals surface area contributed by atoms with Gasteiger partial charge in [-0.1, -0.05) is 26.7 Å². The zero-order valence-corrected chi connectivity index (χ0v) is 13.1. The molecule has 0 radical (unpaired) electrons. The predicted octanol–water partition coefficient (Wildman–Crippen LogP) is 2.73. The maximum Gasteiger partial charge on any atom is 0.146 e. The first-order valence-corrected chi connectivity index (χ1v) is 8.10. The van der Waals surface area contributed by atoms with Crippen LogP contribution in [0.3, 0.4) is 0 Å². The number of rotatable bonds is 7. The zero-order chi connectivity index (χ0) is 14.6. The molecule has 1 saturated carbocycles. The normalized spacial score (nSPS) is 36.6. The van der Waals surface area contributed by atoms with E-state index in [-0.39, 0.29) is 24.0 Å². The highest BCUT2D eigenvalue weighted by molar-refractivity contribution is 5.02. The van der Waals surface area contributed by atoms with Gasteiger partial charge < -0.3 is 19.3 Å². The lowest BCUT2D eigenvalue weighted by Gasteiger charge is -2.36. The molecule has 0 spiro atoms. The van der Waals surface area contributed by atoms with Crippen LogP contribution in [0.25, 0.3) is 0 Å². The summed E-state index contributed by atoms with van der Waals surface area (Å²) in [5.74, 6) is 0.486. The molecule has 0 bridgehead atoms. The van der Waals surface area contributed by atoms with Crippen molar-refractivity contribution in [2.75, 3.05) is 20.5 Å². The molecular weight excluding hydrogens is 256 g/mol. The van der Waals surface area contributed by atoms with Crippen LogP contribution in [0.2, 0.25) is 0 Å². The van der Waals surface area contributed by atoms with Crippen molar-refractivity contribution in [1.29, 1.82) is 0 Å². The Morgan fingerprint density at radius 3 is 2.35 bits per heavy atom. The van der Waals surface area contributed by atoms with E-state index in [0.717, 1.165) is 38.5 Å². The standard InChI is InChI=1S/C16H30O4/c1-4-13-12(10-19-11-18-3)15(14(5-2)20-13)16(17)8-6-7-9-16/h12-15,17H,4-11H2,1-3H3. The van der Waals surface area contributed by atoms with Crippen LogP contribution in [0.15, 0.2) is 0 Å². The number of hydrogen-bond acceptors (Lipinski definition) is 4. The zero-order valence-electron chi connectivity index (χ0n) is 13.1. The fourth-order valence-corrected chi connectivity index (χ4v) is 4.21. The third kappa shape index (κ3) is 3.19. The van der Waals surface area contributed by atoms with Crippen LogP contribution in [0.1, 0.15) is 52.4 Å². The van der Waals surface area contributed by atoms with Gasteiger partial charge in [-0.05, 0) is 25.7 Å². The molecule has 4 nitrogen and oxygen atoms in total. The van der Waals surface area contributed by atoms with Crippen LogP contribution in [0, 0.1) is 11.8 Å². The molecule has 2 fully saturated rings. The van der Waals surface area contributed by atoms with Crippen molar-refractivity contribution < 1.29 is 19.3 Å². The largest absolute Gasteiger partial charge is 0.389 e. The maximum atomic E-state index is 11.1. The molecule has 1 heterocycles. The molecule has 4 unspecified atom stereocenters. The van der Waals surface area contributed by atoms with Gasteiger partial charge in [-0.2, -0.15) is 0 Å². The smallest absolute Gasteiger partial charge is 0.146 e. The molecule has 0 aromatic heterocycles. The van der Waals surface area contributed by atoms with E-state index in [0.29, 0.717) is 13.4 Å². The van der Waals surface area contributed by atoms with Crippen molar-refractivity contribution in [2.45, 2.75) is 70.2 Å². The Labute approximate surface area is 122 Å². The van der Waals surface area contributed by atoms with Gasteiger partial charge in [-0.15, -0.1) is 0 Å². The first-order chi connectivity index (χ1) is 9.66. The summed E-state index contributed by atoms with van der Waals surface area (Å²) < 4.78 is 16.8. The molecule has 1 N–H and O–H groups in total. The molecule has 4 heteroatoms. The highest BCUT2D eigenvalue weighted by Gasteiger charge is 2.53. The van der Waals surface area contributed by atoms with Crippen molar-refractivity contribution >= 4 is 0 Å². The van der Waals surface area contributed by atoms with Crippen LogP contribution < -0.4 is 0 Å². The minimum absolute atomic E-state index is 0.166. The van der Waals surface area contributed by atoms with Crippen LogP contribution in [-0.2, 0) is 14.2 Å². The molecular formula is C16H30O4. The van der Waals surface area contributed by atoms with E-state index in [9.17, 15) is 5.11 Å². The van der Waals surface area contributed by atoms with E-state index in [1.54, 1.807) is 7.11 Å². The van der Waals surface area contributed by atoms with Crippen LogP contribution in [-0.4, -0.2) is 43.4 Å². The first kappa shape index (κ1) is 16.2. The SMILES string of the molecule is CCC1OC(CC)C(C2(O)CCCC2)C1COCOC. The molecule has 1 aliphatic carbocycles. The topological polar surface area (TPSA) is 47.9 Å². The Kier molecular flexibility index (Phi) is 5.84. The van der Waals surface area contributed by atoms with Gasteiger partial charge >= 0.3 is 0 Å². The third-order valence-electron chi connectivity index (χ3n) is 5.10. The number of ether oxygens (including phenoxy) is 3. The molecule has 1 saturated heterocycles. The van der Waals surface area contributed by atoms with Gasteiger partial charge in [0, 0.05) is 18.9 Å². The lowest BCUT2D eigenvalue weighted by molar-refractivity contribution is -0.0831. The lowest BCUT2D eigenvalue weighted by atomic mass is 9.73. The summed E-state index contributed by atoms with van der Waals surface area (Å²) in [5.41, 5.74) is -0.550. The van der Waals surface area contributed by atoms with Gasteiger partial charge in [0.05, 0.1) is 24.4 Å². The number of methoxy groups -OCH3 is 1. The fraction of sp³-hybridized carbons (Fsp3) is 1.00. The third-order valence-corrected chi connectivity index (χ3v) is 5.10. The van der Waals surface area contributed by atoms with Gasteiger partial charge in [0.1, 0.15) is 6.79 Å². The highest BCUT2D eigenvalue weighted by Crippen LogP contribution is 2.48. The van der Waals surface area contributed by atoms with Gasteiger partial charge in [0.15, 0.2) is 0 Å². The maximum absolute atomic E-state index is 11.1. The molecule has 0 aromatic carbocycles. The fourth-order valence-electron chi connectivity index (χ4n) is 4.21. The van der Waals surface area contributed by atoms with E-state index in [2.05, 4.69) is 13.8 Å². The summed E-state index contributed by atoms with van der Waals surface area (Å²) in [4.78, 5) is 0. The number of aliphatic hydroxyl groups is 1. The van der Waals surface area contributed by atoms with Gasteiger partial charge in [0.25, 0.3) is 0 Å². The molecule has 20 heavy (non-hydrogen) atoms. The highest BCUT2D eigenvalue weighted by atomic mass is 16.7. The second-order valence-electron chi connectivity index (χ2n) is 6.31. The minimum Gasteiger partial charge on any atom is -0.389 e. The van der Waals surface area contributed by atoms with Crippen LogP contribution >= 0.6 is 0 Å². The van der Waals surface area contributed by atoms with E-state index in [4.69, 9.17) is 14.2 Å². The van der Waals surface area contributed by atoms with E-state index >= 15 is 0 Å². The summed E-state index contributed by atoms with van der Waals surface area (Å²) in [5, 5.41) is 11.1. The average Bonchev–Trinajstić information content (AvgIpc) is 3.03. The first-order valence-electron chi connectivity index (χ1n) is 8.10. The van der Waals surface area contributed by atoms with Crippen molar-refractivity contribution in [1.82, 2.24) is 0 Å². The van der Waals surface area contributed by atoms with Gasteiger partial charge in [-0.3, -0.25) is 0 Å². The number of hydrogen-bond donors (Lipinski definition) is 1. The van der Waals surface area contributed by atoms with Gasteiger partial charge in [0.2, 0.25) is 0 Å². The quantitative estimate of drug-likeness (QED) is 0.577. The van der Waals surface area contributed by atoms with Crippen molar-refractivity contribution in [3.8, 4) is 0 Å². The molecule has 0 amide bonds.